The number of carbonyl (C=O) groups excluding carboxylic acids is 1. The van der Waals surface area contributed by atoms with E-state index in [-0.39, 0.29) is 0 Å². The van der Waals surface area contributed by atoms with Crippen LogP contribution < -0.4 is 9.46 Å². The van der Waals surface area contributed by atoms with Gasteiger partial charge in [-0.3, -0.25) is 9.52 Å². The molecule has 1 aliphatic carbocycles. The van der Waals surface area contributed by atoms with Crippen molar-refractivity contribution in [1.82, 2.24) is 4.72 Å². The number of carboxylic acids is 1. The first-order chi connectivity index (χ1) is 18.8. The maximum atomic E-state index is 14.2. The van der Waals surface area contributed by atoms with Crippen LogP contribution in [0.25, 0.3) is 22.3 Å². The van der Waals surface area contributed by atoms with E-state index in [0.717, 1.165) is 39.8 Å². The maximum Gasteiger partial charge on any atom is 0.418 e. The monoisotopic (exact) mass is 563 g/mol. The Morgan fingerprint density at radius 1 is 1.03 bits per heavy atom. The van der Waals surface area contributed by atoms with Crippen molar-refractivity contribution < 1.29 is 28.6 Å². The van der Waals surface area contributed by atoms with E-state index in [1.54, 1.807) is 20.1 Å². The number of methoxy groups -OCH3 is 1. The lowest BCUT2D eigenvalue weighted by Crippen LogP contribution is -2.19. The lowest BCUT2D eigenvalue weighted by atomic mass is 9.93. The maximum absolute atomic E-state index is 14.2. The van der Waals surface area contributed by atoms with Gasteiger partial charge in [0.25, 0.3) is 0 Å². The molecule has 1 unspecified atom stereocenters. The summed E-state index contributed by atoms with van der Waals surface area (Å²) in [6, 6.07) is 19.5. The molecule has 1 fully saturated rings. The molecule has 0 spiro atoms. The Morgan fingerprint density at radius 2 is 1.74 bits per heavy atom. The van der Waals surface area contributed by atoms with E-state index in [0.29, 0.717) is 29.1 Å². The number of halogens is 1. The average Bonchev–Trinajstić information content (AvgIpc) is 3.58. The van der Waals surface area contributed by atoms with Gasteiger partial charge in [-0.2, -0.15) is 11.3 Å². The summed E-state index contributed by atoms with van der Waals surface area (Å²) in [5.41, 5.74) is 4.17. The molecule has 1 amide bonds. The number of benzene rings is 3. The highest BCUT2D eigenvalue weighted by Crippen LogP contribution is 2.49. The van der Waals surface area contributed by atoms with Gasteiger partial charge in [-0.15, -0.1) is 0 Å². The Labute approximate surface area is 233 Å². The molecule has 3 aromatic carbocycles. The third-order valence-electron chi connectivity index (χ3n) is 6.90. The molecule has 1 aromatic heterocycles. The molecule has 1 atom stereocenters. The molecule has 2 N–H and O–H groups in total. The second kappa shape index (κ2) is 11.1. The molecular formula is C30H26FNO5S2. The molecule has 5 rings (SSSR count). The summed E-state index contributed by atoms with van der Waals surface area (Å²) < 4.78 is 27.9. The first kappa shape index (κ1) is 26.8. The van der Waals surface area contributed by atoms with Gasteiger partial charge >= 0.3 is 12.1 Å². The number of hydrogen-bond acceptors (Lipinski definition) is 6. The van der Waals surface area contributed by atoms with E-state index < -0.39 is 29.4 Å². The summed E-state index contributed by atoms with van der Waals surface area (Å²) in [6.45, 7) is 1.79. The quantitative estimate of drug-likeness (QED) is 0.202. The highest BCUT2D eigenvalue weighted by atomic mass is 32.2. The average molecular weight is 564 g/mol. The van der Waals surface area contributed by atoms with Gasteiger partial charge in [0, 0.05) is 16.0 Å². The molecule has 4 aromatic rings. The number of thiophene rings is 1. The number of amides is 1. The largest absolute Gasteiger partial charge is 0.496 e. The molecular weight excluding hydrogens is 537 g/mol. The van der Waals surface area contributed by atoms with Gasteiger partial charge in [0.15, 0.2) is 0 Å². The van der Waals surface area contributed by atoms with Gasteiger partial charge in [0.2, 0.25) is 0 Å². The number of carboxylic acid groups (broad SMARTS) is 1. The normalized spacial score (nSPS) is 14.3. The molecule has 1 saturated carbocycles. The third kappa shape index (κ3) is 5.65. The van der Waals surface area contributed by atoms with Gasteiger partial charge in [-0.05, 0) is 89.0 Å². The Hall–Kier alpha value is -3.82. The SMILES string of the molecule is COc1cc(-c2ccc(F)cc2SNC(=O)OC(C)c2ccsc2)ccc1-c1ccc(C2(C(=O)O)CC2)cc1. The predicted molar refractivity (Wildman–Crippen MR) is 151 cm³/mol. The van der Waals surface area contributed by atoms with Crippen molar-refractivity contribution in [2.75, 3.05) is 7.11 Å². The van der Waals surface area contributed by atoms with Crippen molar-refractivity contribution in [3.63, 3.8) is 0 Å². The van der Waals surface area contributed by atoms with Crippen molar-refractivity contribution in [1.29, 1.82) is 0 Å². The Balaban J connectivity index is 1.35. The van der Waals surface area contributed by atoms with Gasteiger partial charge in [0.1, 0.15) is 17.7 Å². The van der Waals surface area contributed by atoms with Crippen LogP contribution in [-0.4, -0.2) is 24.3 Å². The Bertz CT molecular complexity index is 1500. The van der Waals surface area contributed by atoms with Gasteiger partial charge in [0.05, 0.1) is 12.5 Å². The van der Waals surface area contributed by atoms with E-state index in [1.807, 2.05) is 59.3 Å². The molecule has 0 saturated heterocycles. The Kier molecular flexibility index (Phi) is 7.63. The fraction of sp³-hybridized carbons (Fsp3) is 0.200. The molecule has 1 aliphatic rings. The Morgan fingerprint density at radius 3 is 2.38 bits per heavy atom. The van der Waals surface area contributed by atoms with Crippen molar-refractivity contribution in [3.8, 4) is 28.0 Å². The summed E-state index contributed by atoms with van der Waals surface area (Å²) in [5.74, 6) is -0.608. The number of rotatable bonds is 9. The van der Waals surface area contributed by atoms with Gasteiger partial charge in [-0.1, -0.05) is 42.5 Å². The number of ether oxygens (including phenoxy) is 2. The second-order valence-electron chi connectivity index (χ2n) is 9.33. The van der Waals surface area contributed by atoms with E-state index in [4.69, 9.17) is 9.47 Å². The van der Waals surface area contributed by atoms with Gasteiger partial charge < -0.3 is 14.6 Å². The summed E-state index contributed by atoms with van der Waals surface area (Å²) in [5, 5.41) is 13.4. The molecule has 0 bridgehead atoms. The van der Waals surface area contributed by atoms with Crippen molar-refractivity contribution >= 4 is 35.3 Å². The molecule has 0 aliphatic heterocycles. The van der Waals surface area contributed by atoms with Crippen LogP contribution in [-0.2, 0) is 14.9 Å². The highest BCUT2D eigenvalue weighted by Gasteiger charge is 2.51. The minimum atomic E-state index is -0.787. The zero-order chi connectivity index (χ0) is 27.6. The number of aliphatic carboxylic acids is 1. The van der Waals surface area contributed by atoms with Crippen LogP contribution in [0.2, 0.25) is 0 Å². The lowest BCUT2D eigenvalue weighted by Gasteiger charge is -2.16. The van der Waals surface area contributed by atoms with Crippen LogP contribution in [0.1, 0.15) is 37.0 Å². The minimum Gasteiger partial charge on any atom is -0.496 e. The molecule has 39 heavy (non-hydrogen) atoms. The van der Waals surface area contributed by atoms with E-state index in [9.17, 15) is 19.1 Å². The van der Waals surface area contributed by atoms with E-state index in [1.165, 1.54) is 23.5 Å². The molecule has 200 valence electrons. The summed E-state index contributed by atoms with van der Waals surface area (Å²) in [7, 11) is 1.58. The number of hydrogen-bond donors (Lipinski definition) is 2. The fourth-order valence-corrected chi connectivity index (χ4v) is 5.94. The van der Waals surface area contributed by atoms with E-state index in [2.05, 4.69) is 4.72 Å². The third-order valence-corrected chi connectivity index (χ3v) is 8.43. The zero-order valence-corrected chi connectivity index (χ0v) is 22.9. The molecule has 0 radical (unpaired) electrons. The van der Waals surface area contributed by atoms with Crippen LogP contribution in [0.3, 0.4) is 0 Å². The zero-order valence-electron chi connectivity index (χ0n) is 21.3. The summed E-state index contributed by atoms with van der Waals surface area (Å²) in [6.07, 6.45) is 0.269. The molecule has 9 heteroatoms. The summed E-state index contributed by atoms with van der Waals surface area (Å²) >= 11 is 2.50. The minimum absolute atomic E-state index is 0.409. The molecule has 1 heterocycles. The number of carbonyl (C=O) groups is 2. The number of nitrogens with one attached hydrogen (secondary N) is 1. The topological polar surface area (TPSA) is 84.9 Å². The van der Waals surface area contributed by atoms with Crippen LogP contribution >= 0.6 is 23.3 Å². The van der Waals surface area contributed by atoms with Crippen LogP contribution in [0.5, 0.6) is 5.75 Å². The first-order valence-corrected chi connectivity index (χ1v) is 14.0. The van der Waals surface area contributed by atoms with Gasteiger partial charge in [-0.25, -0.2) is 9.18 Å². The van der Waals surface area contributed by atoms with E-state index >= 15 is 0 Å². The van der Waals surface area contributed by atoms with Crippen molar-refractivity contribution in [3.05, 3.63) is 94.4 Å². The summed E-state index contributed by atoms with van der Waals surface area (Å²) in [4.78, 5) is 24.6. The first-order valence-electron chi connectivity index (χ1n) is 12.3. The smallest absolute Gasteiger partial charge is 0.418 e. The highest BCUT2D eigenvalue weighted by molar-refractivity contribution is 7.98. The molecule has 6 nitrogen and oxygen atoms in total. The van der Waals surface area contributed by atoms with Crippen LogP contribution in [0.4, 0.5) is 9.18 Å². The van der Waals surface area contributed by atoms with Crippen LogP contribution in [0.15, 0.2) is 82.4 Å². The van der Waals surface area contributed by atoms with Crippen molar-refractivity contribution in [2.45, 2.75) is 36.2 Å². The standard InChI is InChI=1S/C30H26FNO5S2/c1-18(21-11-14-38-17-21)37-29(35)32-39-27-16-23(31)8-10-25(27)20-5-9-24(26(15-20)36-2)19-3-6-22(7-4-19)30(12-13-30)28(33)34/h3-11,14-18H,12-13H2,1-2H3,(H,32,35)(H,33,34). The predicted octanol–water partition coefficient (Wildman–Crippen LogP) is 7.84. The fourth-order valence-electron chi connectivity index (χ4n) is 4.49. The lowest BCUT2D eigenvalue weighted by molar-refractivity contribution is -0.140. The van der Waals surface area contributed by atoms with Crippen molar-refractivity contribution in [2.24, 2.45) is 0 Å². The second-order valence-corrected chi connectivity index (χ2v) is 11.0. The van der Waals surface area contributed by atoms with Crippen LogP contribution in [0, 0.1) is 5.82 Å².